The number of rotatable bonds is 1. The van der Waals surface area contributed by atoms with Crippen LogP contribution in [0.15, 0.2) is 24.3 Å². The monoisotopic (exact) mass is 310 g/mol. The third-order valence-corrected chi connectivity index (χ3v) is 2.79. The molecule has 0 fully saturated rings. The van der Waals surface area contributed by atoms with Crippen molar-refractivity contribution in [3.05, 3.63) is 39.2 Å². The Morgan fingerprint density at radius 1 is 1.33 bits per heavy atom. The van der Waals surface area contributed by atoms with Crippen molar-refractivity contribution in [1.29, 1.82) is 5.26 Å². The molecule has 1 heterocycles. The van der Waals surface area contributed by atoms with Gasteiger partial charge >= 0.3 is 0 Å². The Morgan fingerprint density at radius 3 is 2.53 bits per heavy atom. The molecule has 0 aliphatic carbocycles. The second-order valence-corrected chi connectivity index (χ2v) is 4.27. The van der Waals surface area contributed by atoms with Crippen LogP contribution in [-0.2, 0) is 0 Å². The molecule has 2 rings (SSSR count). The average molecular weight is 310 g/mol. The van der Waals surface area contributed by atoms with Crippen molar-refractivity contribution in [2.75, 3.05) is 0 Å². The van der Waals surface area contributed by atoms with Gasteiger partial charge in [-0.2, -0.15) is 5.26 Å². The second kappa shape index (κ2) is 3.98. The van der Waals surface area contributed by atoms with E-state index in [-0.39, 0.29) is 0 Å². The Labute approximate surface area is 101 Å². The average Bonchev–Trinajstić information content (AvgIpc) is 2.61. The van der Waals surface area contributed by atoms with E-state index >= 15 is 0 Å². The van der Waals surface area contributed by atoms with Crippen molar-refractivity contribution in [2.45, 2.75) is 6.92 Å². The number of benzene rings is 1. The summed E-state index contributed by atoms with van der Waals surface area (Å²) in [7, 11) is 0. The minimum Gasteiger partial charge on any atom is -0.216 e. The first-order valence-corrected chi connectivity index (χ1v) is 5.38. The summed E-state index contributed by atoms with van der Waals surface area (Å²) in [6.45, 7) is 1.83. The lowest BCUT2D eigenvalue weighted by Gasteiger charge is -2.02. The number of hydrogen-bond donors (Lipinski definition) is 0. The Morgan fingerprint density at radius 2 is 2.00 bits per heavy atom. The van der Waals surface area contributed by atoms with Crippen LogP contribution >= 0.6 is 22.6 Å². The molecule has 0 unspecified atom stereocenters. The van der Waals surface area contributed by atoms with Crippen LogP contribution in [0.3, 0.4) is 0 Å². The molecule has 0 radical (unpaired) electrons. The van der Waals surface area contributed by atoms with E-state index in [0.29, 0.717) is 5.69 Å². The first-order chi connectivity index (χ1) is 7.22. The Balaban J connectivity index is 2.51. The molecule has 4 nitrogen and oxygen atoms in total. The lowest BCUT2D eigenvalue weighted by molar-refractivity contribution is 0.784. The van der Waals surface area contributed by atoms with Gasteiger partial charge in [0.2, 0.25) is 0 Å². The van der Waals surface area contributed by atoms with Crippen LogP contribution < -0.4 is 0 Å². The number of halogens is 1. The first kappa shape index (κ1) is 10.1. The highest BCUT2D eigenvalue weighted by Gasteiger charge is 2.08. The van der Waals surface area contributed by atoms with Crippen molar-refractivity contribution in [1.82, 2.24) is 15.0 Å². The molecule has 1 aromatic carbocycles. The zero-order valence-electron chi connectivity index (χ0n) is 7.98. The molecule has 0 atom stereocenters. The topological polar surface area (TPSA) is 54.5 Å². The first-order valence-electron chi connectivity index (χ1n) is 4.30. The zero-order valence-corrected chi connectivity index (χ0v) is 10.1. The van der Waals surface area contributed by atoms with Gasteiger partial charge in [-0.3, -0.25) is 0 Å². The van der Waals surface area contributed by atoms with E-state index in [1.807, 2.05) is 37.3 Å². The lowest BCUT2D eigenvalue weighted by atomic mass is 10.3. The maximum absolute atomic E-state index is 8.76. The summed E-state index contributed by atoms with van der Waals surface area (Å²) < 4.78 is 2.82. The largest absolute Gasteiger partial charge is 0.216 e. The number of nitrogens with zero attached hydrogens (tertiary/aromatic N) is 4. The van der Waals surface area contributed by atoms with E-state index in [9.17, 15) is 0 Å². The summed E-state index contributed by atoms with van der Waals surface area (Å²) in [5.74, 6) is 0. The molecule has 1 aromatic heterocycles. The van der Waals surface area contributed by atoms with Gasteiger partial charge in [0, 0.05) is 3.57 Å². The minimum atomic E-state index is 0.369. The van der Waals surface area contributed by atoms with Crippen molar-refractivity contribution >= 4 is 22.6 Å². The van der Waals surface area contributed by atoms with Crippen LogP contribution in [0, 0.1) is 21.8 Å². The number of aromatic nitrogens is 3. The van der Waals surface area contributed by atoms with Gasteiger partial charge in [0.15, 0.2) is 5.69 Å². The van der Waals surface area contributed by atoms with E-state index in [1.165, 1.54) is 0 Å². The fourth-order valence-electron chi connectivity index (χ4n) is 1.26. The van der Waals surface area contributed by atoms with Crippen LogP contribution in [0.25, 0.3) is 5.69 Å². The van der Waals surface area contributed by atoms with Crippen molar-refractivity contribution < 1.29 is 0 Å². The standard InChI is InChI=1S/C10H7IN4/c1-7-10(6-12)13-14-15(7)9-4-2-8(11)3-5-9/h2-5H,1H3. The number of nitriles is 1. The SMILES string of the molecule is Cc1c(C#N)nnn1-c1ccc(I)cc1. The molecule has 15 heavy (non-hydrogen) atoms. The molecular weight excluding hydrogens is 303 g/mol. The van der Waals surface area contributed by atoms with Gasteiger partial charge in [0.1, 0.15) is 6.07 Å². The number of hydrogen-bond acceptors (Lipinski definition) is 3. The van der Waals surface area contributed by atoms with Crippen LogP contribution in [0.4, 0.5) is 0 Å². The molecule has 0 saturated carbocycles. The molecule has 0 bridgehead atoms. The normalized spacial score (nSPS) is 9.93. The minimum absolute atomic E-state index is 0.369. The van der Waals surface area contributed by atoms with E-state index in [2.05, 4.69) is 32.9 Å². The van der Waals surface area contributed by atoms with E-state index < -0.39 is 0 Å². The van der Waals surface area contributed by atoms with Crippen molar-refractivity contribution in [3.63, 3.8) is 0 Å². The third kappa shape index (κ3) is 1.85. The molecular formula is C10H7IN4. The molecule has 0 aliphatic rings. The van der Waals surface area contributed by atoms with Crippen molar-refractivity contribution in [3.8, 4) is 11.8 Å². The van der Waals surface area contributed by atoms with Crippen LogP contribution in [0.1, 0.15) is 11.4 Å². The van der Waals surface area contributed by atoms with Gasteiger partial charge in [-0.1, -0.05) is 5.21 Å². The van der Waals surface area contributed by atoms with E-state index in [4.69, 9.17) is 5.26 Å². The van der Waals surface area contributed by atoms with E-state index in [0.717, 1.165) is 15.0 Å². The van der Waals surface area contributed by atoms with Gasteiger partial charge in [-0.05, 0) is 53.8 Å². The maximum atomic E-state index is 8.76. The van der Waals surface area contributed by atoms with Gasteiger partial charge in [-0.25, -0.2) is 4.68 Å². The molecule has 2 aromatic rings. The summed E-state index contributed by atoms with van der Waals surface area (Å²) in [4.78, 5) is 0. The summed E-state index contributed by atoms with van der Waals surface area (Å²) in [6, 6.07) is 9.88. The molecule has 0 N–H and O–H groups in total. The highest BCUT2D eigenvalue weighted by Crippen LogP contribution is 2.13. The quantitative estimate of drug-likeness (QED) is 0.758. The van der Waals surface area contributed by atoms with Crippen LogP contribution in [0.5, 0.6) is 0 Å². The summed E-state index contributed by atoms with van der Waals surface area (Å²) in [5, 5.41) is 16.5. The van der Waals surface area contributed by atoms with Crippen molar-refractivity contribution in [2.24, 2.45) is 0 Å². The smallest absolute Gasteiger partial charge is 0.186 e. The summed E-state index contributed by atoms with van der Waals surface area (Å²) in [6.07, 6.45) is 0. The molecule has 0 amide bonds. The fourth-order valence-corrected chi connectivity index (χ4v) is 1.62. The van der Waals surface area contributed by atoms with Gasteiger partial charge in [0.05, 0.1) is 11.4 Å². The van der Waals surface area contributed by atoms with Crippen LogP contribution in [-0.4, -0.2) is 15.0 Å². The molecule has 0 spiro atoms. The fraction of sp³-hybridized carbons (Fsp3) is 0.100. The molecule has 0 saturated heterocycles. The Hall–Kier alpha value is -1.42. The van der Waals surface area contributed by atoms with E-state index in [1.54, 1.807) is 4.68 Å². The predicted octanol–water partition coefficient (Wildman–Crippen LogP) is 2.05. The lowest BCUT2D eigenvalue weighted by Crippen LogP contribution is -1.98. The maximum Gasteiger partial charge on any atom is 0.186 e. The molecule has 74 valence electrons. The van der Waals surface area contributed by atoms with Gasteiger partial charge in [0.25, 0.3) is 0 Å². The Bertz CT molecular complexity index is 521. The third-order valence-electron chi connectivity index (χ3n) is 2.07. The van der Waals surface area contributed by atoms with Gasteiger partial charge < -0.3 is 0 Å². The summed E-state index contributed by atoms with van der Waals surface area (Å²) >= 11 is 2.24. The van der Waals surface area contributed by atoms with Gasteiger partial charge in [-0.15, -0.1) is 5.10 Å². The molecule has 0 aliphatic heterocycles. The van der Waals surface area contributed by atoms with Crippen LogP contribution in [0.2, 0.25) is 0 Å². The predicted molar refractivity (Wildman–Crippen MR) is 63.5 cm³/mol. The zero-order chi connectivity index (χ0) is 10.8. The highest BCUT2D eigenvalue weighted by molar-refractivity contribution is 14.1. The molecule has 5 heteroatoms. The second-order valence-electron chi connectivity index (χ2n) is 3.02. The Kier molecular flexibility index (Phi) is 2.68. The highest BCUT2D eigenvalue weighted by atomic mass is 127. The summed E-state index contributed by atoms with van der Waals surface area (Å²) in [5.41, 5.74) is 2.05.